The van der Waals surface area contributed by atoms with Gasteiger partial charge in [0, 0.05) is 6.20 Å². The highest BCUT2D eigenvalue weighted by atomic mass is 15.0. The fourth-order valence-corrected chi connectivity index (χ4v) is 0.414. The average molecular weight is 96.1 g/mol. The first-order valence-corrected chi connectivity index (χ1v) is 2.02. The van der Waals surface area contributed by atoms with Crippen molar-refractivity contribution < 1.29 is 0 Å². The number of rotatable bonds is 0. The van der Waals surface area contributed by atoms with Crippen LogP contribution < -0.4 is 5.73 Å². The van der Waals surface area contributed by atoms with Gasteiger partial charge in [0.05, 0.1) is 5.69 Å². The van der Waals surface area contributed by atoms with E-state index in [1.54, 1.807) is 6.20 Å². The Balaban J connectivity index is 3.04. The summed E-state index contributed by atoms with van der Waals surface area (Å²) in [6.45, 7) is 1.84. The summed E-state index contributed by atoms with van der Waals surface area (Å²) in [6, 6.07) is 0. The molecule has 1 aromatic heterocycles. The molecule has 37 valence electrons. The minimum absolute atomic E-state index is 0.234. The van der Waals surface area contributed by atoms with Crippen molar-refractivity contribution in [2.45, 2.75) is 6.92 Å². The Kier molecular flexibility index (Phi) is 0.749. The summed E-state index contributed by atoms with van der Waals surface area (Å²) < 4.78 is 0. The van der Waals surface area contributed by atoms with Gasteiger partial charge in [0.1, 0.15) is 0 Å². The van der Waals surface area contributed by atoms with Crippen LogP contribution >= 0.6 is 0 Å². The maximum Gasteiger partial charge on any atom is 0.219 e. The maximum atomic E-state index is 6.85. The van der Waals surface area contributed by atoms with Gasteiger partial charge in [-0.3, -0.25) is 5.73 Å². The first-order chi connectivity index (χ1) is 3.29. The molecule has 0 unspecified atom stereocenters. The Labute approximate surface area is 41.6 Å². The third-order valence-corrected chi connectivity index (χ3v) is 0.706. The standard InChI is InChI=1S/C4H6N3/c1-3-2-6-4(5)7-3/h2,5H,1H3,(H,6,7). The van der Waals surface area contributed by atoms with Gasteiger partial charge in [-0.2, -0.15) is 0 Å². The van der Waals surface area contributed by atoms with E-state index in [1.165, 1.54) is 0 Å². The molecule has 0 aliphatic heterocycles. The lowest BCUT2D eigenvalue weighted by atomic mass is 10.6. The number of aromatic amines is 1. The van der Waals surface area contributed by atoms with Crippen LogP contribution in [0.15, 0.2) is 6.20 Å². The Hall–Kier alpha value is -0.990. The van der Waals surface area contributed by atoms with Crippen LogP contribution in [-0.2, 0) is 0 Å². The monoisotopic (exact) mass is 96.1 g/mol. The number of nitrogens with zero attached hydrogens (tertiary/aromatic N) is 1. The molecular weight excluding hydrogens is 90.1 g/mol. The molecule has 0 fully saturated rings. The molecule has 7 heavy (non-hydrogen) atoms. The number of aryl methyl sites for hydroxylation is 1. The normalized spacial score (nSPS) is 9.29. The summed E-state index contributed by atoms with van der Waals surface area (Å²) in [6.07, 6.45) is 1.70. The van der Waals surface area contributed by atoms with Gasteiger partial charge in [0.15, 0.2) is 0 Å². The van der Waals surface area contributed by atoms with Crippen LogP contribution in [0.3, 0.4) is 0 Å². The molecule has 0 spiro atoms. The molecule has 0 aliphatic rings. The largest absolute Gasteiger partial charge is 0.329 e. The quantitative estimate of drug-likeness (QED) is 0.506. The van der Waals surface area contributed by atoms with Gasteiger partial charge >= 0.3 is 0 Å². The summed E-state index contributed by atoms with van der Waals surface area (Å²) in [5.41, 5.74) is 7.71. The molecule has 3 heteroatoms. The first-order valence-electron chi connectivity index (χ1n) is 2.02. The second-order valence-electron chi connectivity index (χ2n) is 1.39. The number of nitrogens with one attached hydrogen (secondary N) is 2. The van der Waals surface area contributed by atoms with Crippen LogP contribution in [0.5, 0.6) is 0 Å². The fourth-order valence-electron chi connectivity index (χ4n) is 0.414. The van der Waals surface area contributed by atoms with Gasteiger partial charge in [0.2, 0.25) is 5.95 Å². The molecule has 0 aliphatic carbocycles. The fraction of sp³-hybridized carbons (Fsp3) is 0.250. The van der Waals surface area contributed by atoms with Crippen LogP contribution in [-0.4, -0.2) is 9.97 Å². The van der Waals surface area contributed by atoms with E-state index in [-0.39, 0.29) is 5.95 Å². The van der Waals surface area contributed by atoms with E-state index in [1.807, 2.05) is 6.92 Å². The summed E-state index contributed by atoms with van der Waals surface area (Å²) in [4.78, 5) is 6.35. The minimum Gasteiger partial charge on any atom is -0.329 e. The van der Waals surface area contributed by atoms with Crippen LogP contribution in [0, 0.1) is 6.92 Å². The highest BCUT2D eigenvalue weighted by Gasteiger charge is 1.86. The lowest BCUT2D eigenvalue weighted by molar-refractivity contribution is 1.19. The van der Waals surface area contributed by atoms with Crippen molar-refractivity contribution in [3.63, 3.8) is 0 Å². The lowest BCUT2D eigenvalue weighted by Crippen LogP contribution is -1.68. The topological polar surface area (TPSA) is 52.5 Å². The van der Waals surface area contributed by atoms with Gasteiger partial charge in [-0.05, 0) is 6.92 Å². The summed E-state index contributed by atoms with van der Waals surface area (Å²) in [5.74, 6) is 0.234. The zero-order valence-electron chi connectivity index (χ0n) is 4.02. The number of hydrogen-bond donors (Lipinski definition) is 1. The summed E-state index contributed by atoms with van der Waals surface area (Å²) in [7, 11) is 0. The van der Waals surface area contributed by atoms with E-state index in [9.17, 15) is 0 Å². The molecule has 2 N–H and O–H groups in total. The van der Waals surface area contributed by atoms with Crippen LogP contribution in [0.2, 0.25) is 0 Å². The maximum absolute atomic E-state index is 6.85. The van der Waals surface area contributed by atoms with Crippen LogP contribution in [0.4, 0.5) is 5.95 Å². The Morgan fingerprint density at radius 2 is 2.57 bits per heavy atom. The molecule has 1 heterocycles. The summed E-state index contributed by atoms with van der Waals surface area (Å²) >= 11 is 0. The Morgan fingerprint density at radius 3 is 2.71 bits per heavy atom. The first kappa shape index (κ1) is 4.18. The predicted octanol–water partition coefficient (Wildman–Crippen LogP) is 0.633. The molecule has 0 bridgehead atoms. The third-order valence-electron chi connectivity index (χ3n) is 0.706. The van der Waals surface area contributed by atoms with Gasteiger partial charge in [0.25, 0.3) is 0 Å². The smallest absolute Gasteiger partial charge is 0.219 e. The van der Waals surface area contributed by atoms with Gasteiger partial charge in [-0.1, -0.05) is 0 Å². The molecule has 3 nitrogen and oxygen atoms in total. The van der Waals surface area contributed by atoms with E-state index in [0.29, 0.717) is 0 Å². The Morgan fingerprint density at radius 1 is 1.86 bits per heavy atom. The van der Waals surface area contributed by atoms with E-state index in [4.69, 9.17) is 5.73 Å². The second kappa shape index (κ2) is 1.26. The van der Waals surface area contributed by atoms with Gasteiger partial charge in [-0.25, -0.2) is 4.98 Å². The zero-order chi connectivity index (χ0) is 5.28. The highest BCUT2D eigenvalue weighted by Crippen LogP contribution is 1.94. The van der Waals surface area contributed by atoms with E-state index >= 15 is 0 Å². The van der Waals surface area contributed by atoms with Crippen molar-refractivity contribution >= 4 is 5.95 Å². The molecule has 0 aromatic carbocycles. The van der Waals surface area contributed by atoms with Crippen LogP contribution in [0.25, 0.3) is 0 Å². The van der Waals surface area contributed by atoms with E-state index in [0.717, 1.165) is 5.69 Å². The van der Waals surface area contributed by atoms with Crippen molar-refractivity contribution in [3.8, 4) is 0 Å². The van der Waals surface area contributed by atoms with Gasteiger partial charge in [-0.15, -0.1) is 0 Å². The van der Waals surface area contributed by atoms with Crippen molar-refractivity contribution in [3.05, 3.63) is 11.9 Å². The van der Waals surface area contributed by atoms with Gasteiger partial charge < -0.3 is 4.98 Å². The highest BCUT2D eigenvalue weighted by molar-refractivity contribution is 5.12. The van der Waals surface area contributed by atoms with Crippen molar-refractivity contribution in [1.29, 1.82) is 0 Å². The number of H-pyrrole nitrogens is 1. The molecule has 0 saturated heterocycles. The third kappa shape index (κ3) is 0.707. The Bertz CT molecular complexity index is 139. The molecule has 0 saturated carbocycles. The van der Waals surface area contributed by atoms with E-state index in [2.05, 4.69) is 9.97 Å². The van der Waals surface area contributed by atoms with Crippen molar-refractivity contribution in [1.82, 2.24) is 15.7 Å². The second-order valence-corrected chi connectivity index (χ2v) is 1.39. The lowest BCUT2D eigenvalue weighted by Gasteiger charge is -1.70. The SMILES string of the molecule is Cc1c[nH]c([NH])n1. The van der Waals surface area contributed by atoms with Crippen LogP contribution in [0.1, 0.15) is 5.69 Å². The minimum atomic E-state index is 0.234. The number of imidazole rings is 1. The predicted molar refractivity (Wildman–Crippen MR) is 26.1 cm³/mol. The van der Waals surface area contributed by atoms with Crippen molar-refractivity contribution in [2.75, 3.05) is 0 Å². The van der Waals surface area contributed by atoms with E-state index < -0.39 is 0 Å². The molecule has 0 amide bonds. The number of hydrogen-bond acceptors (Lipinski definition) is 1. The average Bonchev–Trinajstić information content (AvgIpc) is 1.87. The molecule has 1 radical (unpaired) electrons. The number of aromatic nitrogens is 2. The molecule has 0 atom stereocenters. The molecular formula is C4H6N3. The zero-order valence-corrected chi connectivity index (χ0v) is 4.02. The van der Waals surface area contributed by atoms with Crippen molar-refractivity contribution in [2.24, 2.45) is 0 Å². The molecule has 1 rings (SSSR count). The molecule has 1 aromatic rings. The summed E-state index contributed by atoms with van der Waals surface area (Å²) in [5, 5.41) is 0.